The van der Waals surface area contributed by atoms with Gasteiger partial charge in [0.2, 0.25) is 5.91 Å². The number of likely N-dealkylation sites (tertiary alicyclic amines) is 1. The highest BCUT2D eigenvalue weighted by Gasteiger charge is 2.24. The molecule has 2 aliphatic heterocycles. The van der Waals surface area contributed by atoms with Crippen LogP contribution in [0.1, 0.15) is 32.3 Å². The second kappa shape index (κ2) is 13.9. The predicted molar refractivity (Wildman–Crippen MR) is 138 cm³/mol. The van der Waals surface area contributed by atoms with Crippen molar-refractivity contribution in [3.63, 3.8) is 0 Å². The Kier molecular flexibility index (Phi) is 11.6. The first-order valence-electron chi connectivity index (χ1n) is 11.4. The third kappa shape index (κ3) is 8.57. The molecule has 0 radical (unpaired) electrons. The molecule has 1 atom stereocenters. The van der Waals surface area contributed by atoms with Gasteiger partial charge in [-0.3, -0.25) is 19.6 Å². The van der Waals surface area contributed by atoms with Gasteiger partial charge in [0.15, 0.2) is 5.96 Å². The third-order valence-electron chi connectivity index (χ3n) is 6.07. The Morgan fingerprint density at radius 1 is 1.10 bits per heavy atom. The summed E-state index contributed by atoms with van der Waals surface area (Å²) >= 11 is 0. The molecule has 0 spiro atoms. The van der Waals surface area contributed by atoms with Crippen molar-refractivity contribution < 1.29 is 4.79 Å². The van der Waals surface area contributed by atoms with Gasteiger partial charge in [-0.1, -0.05) is 30.3 Å². The molecular weight excluding hydrogens is 503 g/mol. The molecule has 8 heteroatoms. The van der Waals surface area contributed by atoms with Gasteiger partial charge in [-0.15, -0.1) is 24.0 Å². The maximum atomic E-state index is 11.5. The van der Waals surface area contributed by atoms with Crippen molar-refractivity contribution in [2.45, 2.75) is 39.3 Å². The van der Waals surface area contributed by atoms with Crippen LogP contribution < -0.4 is 10.6 Å². The molecule has 2 fully saturated rings. The summed E-state index contributed by atoms with van der Waals surface area (Å²) in [4.78, 5) is 23.2. The fraction of sp³-hybridized carbons (Fsp3) is 0.652. The van der Waals surface area contributed by atoms with Crippen LogP contribution in [0, 0.1) is 0 Å². The minimum atomic E-state index is 0. The van der Waals surface area contributed by atoms with E-state index in [2.05, 4.69) is 57.7 Å². The fourth-order valence-electron chi connectivity index (χ4n) is 4.29. The average Bonchev–Trinajstić information content (AvgIpc) is 3.20. The van der Waals surface area contributed by atoms with E-state index >= 15 is 0 Å². The number of hydrogen-bond acceptors (Lipinski definition) is 4. The van der Waals surface area contributed by atoms with E-state index in [4.69, 9.17) is 4.99 Å². The minimum Gasteiger partial charge on any atom is -0.357 e. The number of hydrogen-bond donors (Lipinski definition) is 2. The minimum absolute atomic E-state index is 0. The lowest BCUT2D eigenvalue weighted by Crippen LogP contribution is -2.50. The summed E-state index contributed by atoms with van der Waals surface area (Å²) in [5.41, 5.74) is 1.38. The van der Waals surface area contributed by atoms with Gasteiger partial charge in [0, 0.05) is 65.3 Å². The molecule has 2 heterocycles. The summed E-state index contributed by atoms with van der Waals surface area (Å²) in [7, 11) is 0. The highest BCUT2D eigenvalue weighted by molar-refractivity contribution is 14.0. The van der Waals surface area contributed by atoms with Crippen LogP contribution in [0.3, 0.4) is 0 Å². The molecule has 7 nitrogen and oxygen atoms in total. The molecular formula is C23H39IN6O. The highest BCUT2D eigenvalue weighted by atomic mass is 127. The van der Waals surface area contributed by atoms with Crippen LogP contribution in [-0.4, -0.2) is 91.5 Å². The number of halogens is 1. The van der Waals surface area contributed by atoms with Crippen molar-refractivity contribution in [1.29, 1.82) is 0 Å². The van der Waals surface area contributed by atoms with E-state index in [0.29, 0.717) is 6.04 Å². The van der Waals surface area contributed by atoms with Crippen molar-refractivity contribution in [3.8, 4) is 0 Å². The predicted octanol–water partition coefficient (Wildman–Crippen LogP) is 1.99. The number of carbonyl (C=O) groups is 1. The van der Waals surface area contributed by atoms with Crippen molar-refractivity contribution in [2.24, 2.45) is 4.99 Å². The molecule has 3 rings (SSSR count). The van der Waals surface area contributed by atoms with Crippen LogP contribution in [0.4, 0.5) is 0 Å². The zero-order valence-corrected chi connectivity index (χ0v) is 21.4. The van der Waals surface area contributed by atoms with Crippen LogP contribution in [0.2, 0.25) is 0 Å². The monoisotopic (exact) mass is 542 g/mol. The molecule has 2 aliphatic rings. The zero-order valence-electron chi connectivity index (χ0n) is 19.1. The summed E-state index contributed by atoms with van der Waals surface area (Å²) in [6.07, 6.45) is 2.47. The molecule has 0 aromatic heterocycles. The summed E-state index contributed by atoms with van der Waals surface area (Å²) in [6.45, 7) is 13.0. The number of benzene rings is 1. The number of carbonyl (C=O) groups excluding carboxylic acids is 1. The van der Waals surface area contributed by atoms with Crippen molar-refractivity contribution in [2.75, 3.05) is 58.9 Å². The molecule has 0 saturated carbocycles. The van der Waals surface area contributed by atoms with Gasteiger partial charge in [-0.25, -0.2) is 0 Å². The largest absolute Gasteiger partial charge is 0.357 e. The van der Waals surface area contributed by atoms with Crippen LogP contribution in [0.5, 0.6) is 0 Å². The van der Waals surface area contributed by atoms with Crippen LogP contribution >= 0.6 is 24.0 Å². The first-order chi connectivity index (χ1) is 14.7. The molecule has 2 N–H and O–H groups in total. The number of aliphatic imine (C=N–C) groups is 1. The second-order valence-electron chi connectivity index (χ2n) is 8.25. The summed E-state index contributed by atoms with van der Waals surface area (Å²) in [6, 6.07) is 11.2. The number of piperazine rings is 1. The molecule has 0 bridgehead atoms. The molecule has 0 aliphatic carbocycles. The smallest absolute Gasteiger partial charge is 0.219 e. The second-order valence-corrected chi connectivity index (χ2v) is 8.25. The molecule has 1 aromatic rings. The van der Waals surface area contributed by atoms with Gasteiger partial charge in [0.05, 0.1) is 6.54 Å². The van der Waals surface area contributed by atoms with E-state index in [1.807, 2.05) is 4.90 Å². The van der Waals surface area contributed by atoms with Crippen LogP contribution in [0.15, 0.2) is 35.3 Å². The van der Waals surface area contributed by atoms with Gasteiger partial charge < -0.3 is 15.5 Å². The lowest BCUT2D eigenvalue weighted by molar-refractivity contribution is -0.130. The zero-order chi connectivity index (χ0) is 21.2. The maximum Gasteiger partial charge on any atom is 0.219 e. The van der Waals surface area contributed by atoms with Crippen LogP contribution in [0.25, 0.3) is 0 Å². The average molecular weight is 543 g/mol. The first kappa shape index (κ1) is 25.9. The third-order valence-corrected chi connectivity index (χ3v) is 6.07. The van der Waals surface area contributed by atoms with Gasteiger partial charge >= 0.3 is 0 Å². The molecule has 1 aromatic carbocycles. The normalized spacial score (nSPS) is 20.4. The molecule has 1 unspecified atom stereocenters. The molecule has 31 heavy (non-hydrogen) atoms. The van der Waals surface area contributed by atoms with Gasteiger partial charge in [0.25, 0.3) is 0 Å². The number of rotatable bonds is 8. The lowest BCUT2D eigenvalue weighted by Gasteiger charge is -2.34. The Morgan fingerprint density at radius 2 is 1.84 bits per heavy atom. The summed E-state index contributed by atoms with van der Waals surface area (Å²) in [5.74, 6) is 1.09. The Balaban J connectivity index is 0.00000341. The quantitative estimate of drug-likeness (QED) is 0.299. The summed E-state index contributed by atoms with van der Waals surface area (Å²) in [5, 5.41) is 6.87. The Morgan fingerprint density at radius 3 is 2.52 bits per heavy atom. The van der Waals surface area contributed by atoms with Crippen molar-refractivity contribution in [1.82, 2.24) is 25.3 Å². The fourth-order valence-corrected chi connectivity index (χ4v) is 4.29. The van der Waals surface area contributed by atoms with Crippen molar-refractivity contribution in [3.05, 3.63) is 35.9 Å². The Bertz CT molecular complexity index is 678. The number of nitrogens with one attached hydrogen (secondary N) is 2. The number of amides is 1. The molecule has 2 saturated heterocycles. The standard InChI is InChI=1S/C23H38N6O.HI/c1-3-24-23(25-11-13-27-14-16-28(17-15-27)20(2)30)26-18-22-10-7-12-29(22)19-21-8-5-4-6-9-21;/h4-6,8-9,22H,3,7,10-19H2,1-2H3,(H2,24,25,26);1H. The van der Waals surface area contributed by atoms with E-state index in [0.717, 1.165) is 71.4 Å². The van der Waals surface area contributed by atoms with E-state index in [-0.39, 0.29) is 29.9 Å². The Hall–Kier alpha value is -1.39. The highest BCUT2D eigenvalue weighted by Crippen LogP contribution is 2.20. The molecule has 174 valence electrons. The summed E-state index contributed by atoms with van der Waals surface area (Å²) < 4.78 is 0. The lowest BCUT2D eigenvalue weighted by atomic mass is 10.2. The van der Waals surface area contributed by atoms with Crippen molar-refractivity contribution >= 4 is 35.8 Å². The maximum absolute atomic E-state index is 11.5. The van der Waals surface area contributed by atoms with Crippen LogP contribution in [-0.2, 0) is 11.3 Å². The number of guanidine groups is 1. The first-order valence-corrected chi connectivity index (χ1v) is 11.4. The number of nitrogens with zero attached hydrogens (tertiary/aromatic N) is 4. The SMILES string of the molecule is CCNC(=NCC1CCCN1Cc1ccccc1)NCCN1CCN(C(C)=O)CC1.I. The van der Waals surface area contributed by atoms with Gasteiger partial charge in [-0.2, -0.15) is 0 Å². The van der Waals surface area contributed by atoms with E-state index in [9.17, 15) is 4.79 Å². The van der Waals surface area contributed by atoms with E-state index in [1.165, 1.54) is 18.4 Å². The van der Waals surface area contributed by atoms with Gasteiger partial charge in [0.1, 0.15) is 0 Å². The van der Waals surface area contributed by atoms with Gasteiger partial charge in [-0.05, 0) is 31.9 Å². The topological polar surface area (TPSA) is 63.2 Å². The van der Waals surface area contributed by atoms with E-state index < -0.39 is 0 Å². The molecule has 1 amide bonds. The Labute approximate surface area is 204 Å². The van der Waals surface area contributed by atoms with E-state index in [1.54, 1.807) is 6.92 Å².